The lowest BCUT2D eigenvalue weighted by atomic mass is 9.97. The number of hydrogen-bond donors (Lipinski definition) is 1. The van der Waals surface area contributed by atoms with E-state index in [9.17, 15) is 14.7 Å². The largest absolute Gasteiger partial charge is 0.507 e. The summed E-state index contributed by atoms with van der Waals surface area (Å²) in [7, 11) is 0. The van der Waals surface area contributed by atoms with E-state index in [1.165, 1.54) is 6.07 Å². The van der Waals surface area contributed by atoms with E-state index < -0.39 is 0 Å². The molecule has 0 saturated carbocycles. The summed E-state index contributed by atoms with van der Waals surface area (Å²) in [5, 5.41) is 9.71. The first-order valence-corrected chi connectivity index (χ1v) is 8.05. The average Bonchev–Trinajstić information content (AvgIpc) is 2.49. The number of ether oxygens (including phenoxy) is 1. The van der Waals surface area contributed by atoms with Crippen molar-refractivity contribution in [3.05, 3.63) is 27.3 Å². The molecule has 1 fully saturated rings. The molecule has 1 amide bonds. The van der Waals surface area contributed by atoms with Crippen molar-refractivity contribution in [1.29, 1.82) is 0 Å². The molecule has 6 heteroatoms. The van der Waals surface area contributed by atoms with Crippen molar-refractivity contribution < 1.29 is 19.4 Å². The van der Waals surface area contributed by atoms with Crippen LogP contribution < -0.4 is 0 Å². The zero-order chi connectivity index (χ0) is 15.4. The second-order valence-corrected chi connectivity index (χ2v) is 6.17. The van der Waals surface area contributed by atoms with Gasteiger partial charge in [-0.15, -0.1) is 0 Å². The lowest BCUT2D eigenvalue weighted by Crippen LogP contribution is -2.42. The van der Waals surface area contributed by atoms with Gasteiger partial charge in [0.1, 0.15) is 5.75 Å². The molecular formula is C15H18INO4. The number of phenols is 1. The Morgan fingerprint density at radius 3 is 2.90 bits per heavy atom. The molecule has 0 aromatic heterocycles. The van der Waals surface area contributed by atoms with Crippen LogP contribution in [0.3, 0.4) is 0 Å². The smallest absolute Gasteiger partial charge is 0.310 e. The van der Waals surface area contributed by atoms with Crippen LogP contribution in [-0.2, 0) is 9.53 Å². The Labute approximate surface area is 137 Å². The van der Waals surface area contributed by atoms with Crippen molar-refractivity contribution in [1.82, 2.24) is 4.90 Å². The van der Waals surface area contributed by atoms with Crippen molar-refractivity contribution in [2.75, 3.05) is 19.7 Å². The maximum Gasteiger partial charge on any atom is 0.310 e. The third-order valence-corrected chi connectivity index (χ3v) is 4.43. The highest BCUT2D eigenvalue weighted by Crippen LogP contribution is 2.24. The molecule has 1 heterocycles. The van der Waals surface area contributed by atoms with Crippen molar-refractivity contribution in [3.63, 3.8) is 0 Å². The van der Waals surface area contributed by atoms with E-state index in [0.717, 1.165) is 12.8 Å². The molecule has 0 spiro atoms. The molecule has 1 aromatic rings. The molecule has 0 bridgehead atoms. The minimum Gasteiger partial charge on any atom is -0.507 e. The number of halogens is 1. The number of piperidine rings is 1. The minimum atomic E-state index is -0.250. The zero-order valence-corrected chi connectivity index (χ0v) is 14.0. The standard InChI is InChI=1S/C15H18INO4/c1-2-21-15(20)11-4-3-7-17(9-11)14(19)10-5-6-12(16)13(18)8-10/h5-6,8,11,18H,2-4,7,9H2,1H3/t11-/m0/s1. The molecule has 1 aromatic carbocycles. The Morgan fingerprint density at radius 2 is 2.24 bits per heavy atom. The van der Waals surface area contributed by atoms with Crippen LogP contribution in [0.25, 0.3) is 0 Å². The molecule has 114 valence electrons. The van der Waals surface area contributed by atoms with Crippen LogP contribution in [0.15, 0.2) is 18.2 Å². The van der Waals surface area contributed by atoms with E-state index in [1.807, 2.05) is 22.6 Å². The second-order valence-electron chi connectivity index (χ2n) is 5.01. The molecule has 1 atom stereocenters. The highest BCUT2D eigenvalue weighted by atomic mass is 127. The molecule has 1 aliphatic rings. The number of esters is 1. The van der Waals surface area contributed by atoms with Gasteiger partial charge in [0.05, 0.1) is 16.1 Å². The number of rotatable bonds is 3. The molecule has 1 aliphatic heterocycles. The van der Waals surface area contributed by atoms with Crippen LogP contribution in [0.5, 0.6) is 5.75 Å². The third-order valence-electron chi connectivity index (χ3n) is 3.52. The number of carbonyl (C=O) groups is 2. The predicted molar refractivity (Wildman–Crippen MR) is 86.1 cm³/mol. The van der Waals surface area contributed by atoms with Crippen LogP contribution in [0.4, 0.5) is 0 Å². The van der Waals surface area contributed by atoms with Gasteiger partial charge in [0, 0.05) is 18.7 Å². The maximum absolute atomic E-state index is 12.4. The molecule has 1 saturated heterocycles. The van der Waals surface area contributed by atoms with Crippen molar-refractivity contribution in [2.45, 2.75) is 19.8 Å². The van der Waals surface area contributed by atoms with Crippen LogP contribution in [0.1, 0.15) is 30.1 Å². The van der Waals surface area contributed by atoms with Gasteiger partial charge >= 0.3 is 5.97 Å². The lowest BCUT2D eigenvalue weighted by Gasteiger charge is -2.31. The number of amides is 1. The summed E-state index contributed by atoms with van der Waals surface area (Å²) in [5.74, 6) is -0.545. The Kier molecular flexibility index (Phi) is 5.44. The fourth-order valence-electron chi connectivity index (χ4n) is 2.44. The van der Waals surface area contributed by atoms with Gasteiger partial charge in [0.15, 0.2) is 0 Å². The molecule has 0 aliphatic carbocycles. The van der Waals surface area contributed by atoms with E-state index in [0.29, 0.717) is 28.8 Å². The number of nitrogens with zero attached hydrogens (tertiary/aromatic N) is 1. The van der Waals surface area contributed by atoms with Crippen molar-refractivity contribution in [3.8, 4) is 5.75 Å². The SMILES string of the molecule is CCOC(=O)[C@H]1CCCN(C(=O)c2ccc(I)c(O)c2)C1. The van der Waals surface area contributed by atoms with Crippen molar-refractivity contribution >= 4 is 34.5 Å². The maximum atomic E-state index is 12.4. The molecule has 0 unspecified atom stereocenters. The molecule has 2 rings (SSSR count). The summed E-state index contributed by atoms with van der Waals surface area (Å²) in [4.78, 5) is 25.9. The Morgan fingerprint density at radius 1 is 1.48 bits per heavy atom. The monoisotopic (exact) mass is 403 g/mol. The number of benzene rings is 1. The topological polar surface area (TPSA) is 66.8 Å². The minimum absolute atomic E-state index is 0.0976. The summed E-state index contributed by atoms with van der Waals surface area (Å²) >= 11 is 2.00. The first-order chi connectivity index (χ1) is 10.0. The van der Waals surface area contributed by atoms with Crippen molar-refractivity contribution in [2.24, 2.45) is 5.92 Å². The Hall–Kier alpha value is -1.31. The number of carbonyl (C=O) groups excluding carboxylic acids is 2. The van der Waals surface area contributed by atoms with Crippen LogP contribution in [-0.4, -0.2) is 41.6 Å². The fraction of sp³-hybridized carbons (Fsp3) is 0.467. The van der Waals surface area contributed by atoms with Gasteiger partial charge < -0.3 is 14.7 Å². The van der Waals surface area contributed by atoms with Crippen LogP contribution in [0.2, 0.25) is 0 Å². The quantitative estimate of drug-likeness (QED) is 0.622. The van der Waals surface area contributed by atoms with Crippen LogP contribution in [0, 0.1) is 9.49 Å². The van der Waals surface area contributed by atoms with E-state index in [2.05, 4.69) is 0 Å². The summed E-state index contributed by atoms with van der Waals surface area (Å²) in [6.45, 7) is 3.14. The predicted octanol–water partition coefficient (Wildman–Crippen LogP) is 2.41. The van der Waals surface area contributed by atoms with Gasteiger partial charge in [-0.2, -0.15) is 0 Å². The number of likely N-dealkylation sites (tertiary alicyclic amines) is 1. The van der Waals surface area contributed by atoms with Gasteiger partial charge in [-0.25, -0.2) is 0 Å². The highest BCUT2D eigenvalue weighted by molar-refractivity contribution is 14.1. The molecule has 5 nitrogen and oxygen atoms in total. The average molecular weight is 403 g/mol. The molecule has 21 heavy (non-hydrogen) atoms. The third kappa shape index (κ3) is 3.87. The van der Waals surface area contributed by atoms with Gasteiger partial charge in [-0.05, 0) is 60.6 Å². The summed E-state index contributed by atoms with van der Waals surface area (Å²) in [6.07, 6.45) is 1.53. The van der Waals surface area contributed by atoms with Gasteiger partial charge in [0.25, 0.3) is 5.91 Å². The first kappa shape index (κ1) is 16.1. The molecular weight excluding hydrogens is 385 g/mol. The first-order valence-electron chi connectivity index (χ1n) is 6.97. The molecule has 1 N–H and O–H groups in total. The lowest BCUT2D eigenvalue weighted by molar-refractivity contribution is -0.149. The number of phenolic OH excluding ortho intramolecular Hbond substituents is 1. The summed E-state index contributed by atoms with van der Waals surface area (Å²) < 4.78 is 5.73. The van der Waals surface area contributed by atoms with Gasteiger partial charge in [-0.1, -0.05) is 0 Å². The summed E-state index contributed by atoms with van der Waals surface area (Å²) in [6, 6.07) is 4.87. The zero-order valence-electron chi connectivity index (χ0n) is 11.8. The van der Waals surface area contributed by atoms with E-state index in [4.69, 9.17) is 4.74 Å². The summed E-state index contributed by atoms with van der Waals surface area (Å²) in [5.41, 5.74) is 0.442. The van der Waals surface area contributed by atoms with E-state index in [1.54, 1.807) is 24.0 Å². The van der Waals surface area contributed by atoms with E-state index in [-0.39, 0.29) is 23.5 Å². The van der Waals surface area contributed by atoms with Gasteiger partial charge in [-0.3, -0.25) is 9.59 Å². The fourth-order valence-corrected chi connectivity index (χ4v) is 2.78. The van der Waals surface area contributed by atoms with E-state index >= 15 is 0 Å². The van der Waals surface area contributed by atoms with Gasteiger partial charge in [0.2, 0.25) is 0 Å². The molecule has 0 radical (unpaired) electrons. The highest BCUT2D eigenvalue weighted by Gasteiger charge is 2.29. The Bertz CT molecular complexity index is 546. The van der Waals surface area contributed by atoms with Crippen LogP contribution >= 0.6 is 22.6 Å². The number of hydrogen-bond acceptors (Lipinski definition) is 4. The second kappa shape index (κ2) is 7.11. The normalized spacial score (nSPS) is 18.4. The number of aromatic hydroxyl groups is 1. The Balaban J connectivity index is 2.08.